The van der Waals surface area contributed by atoms with Crippen LogP contribution >= 0.6 is 15.9 Å². The van der Waals surface area contributed by atoms with Crippen LogP contribution in [0.2, 0.25) is 0 Å². The lowest BCUT2D eigenvalue weighted by Gasteiger charge is -1.98. The van der Waals surface area contributed by atoms with Crippen LogP contribution in [0.15, 0.2) is 28.7 Å². The number of carbonyl (C=O) groups excluding carboxylic acids is 1. The fourth-order valence-electron chi connectivity index (χ4n) is 2.32. The van der Waals surface area contributed by atoms with Crippen LogP contribution < -0.4 is 5.32 Å². The largest absolute Gasteiger partial charge is 0.358 e. The van der Waals surface area contributed by atoms with Crippen molar-refractivity contribution < 1.29 is 4.79 Å². The van der Waals surface area contributed by atoms with E-state index in [1.165, 1.54) is 0 Å². The third-order valence-corrected chi connectivity index (χ3v) is 4.57. The average Bonchev–Trinajstić information content (AvgIpc) is 2.83. The van der Waals surface area contributed by atoms with Crippen molar-refractivity contribution in [3.05, 3.63) is 51.3 Å². The van der Waals surface area contributed by atoms with Gasteiger partial charge in [-0.25, -0.2) is 0 Å². The predicted octanol–water partition coefficient (Wildman–Crippen LogP) is 3.89. The van der Waals surface area contributed by atoms with Gasteiger partial charge in [-0.15, -0.1) is 0 Å². The number of halogens is 1. The van der Waals surface area contributed by atoms with E-state index in [0.717, 1.165) is 32.7 Å². The summed E-state index contributed by atoms with van der Waals surface area (Å²) in [6, 6.07) is 7.73. The van der Waals surface area contributed by atoms with Crippen molar-refractivity contribution in [2.75, 3.05) is 5.32 Å². The number of amides is 1. The first-order valence-corrected chi connectivity index (χ1v) is 6.84. The van der Waals surface area contributed by atoms with Crippen molar-refractivity contribution in [1.82, 2.24) is 4.98 Å². The van der Waals surface area contributed by atoms with Crippen LogP contribution in [0.5, 0.6) is 0 Å². The molecule has 1 aliphatic rings. The van der Waals surface area contributed by atoms with Gasteiger partial charge < -0.3 is 10.3 Å². The average molecular weight is 317 g/mol. The number of benzene rings is 1. The number of hydrogen-bond acceptors (Lipinski definition) is 1. The van der Waals surface area contributed by atoms with Crippen molar-refractivity contribution in [1.29, 1.82) is 0 Å². The van der Waals surface area contributed by atoms with E-state index in [9.17, 15) is 4.79 Å². The Labute approximate surface area is 119 Å². The van der Waals surface area contributed by atoms with E-state index in [-0.39, 0.29) is 5.91 Å². The number of rotatable bonds is 1. The van der Waals surface area contributed by atoms with Gasteiger partial charge in [-0.1, -0.05) is 18.2 Å². The van der Waals surface area contributed by atoms with Gasteiger partial charge in [0, 0.05) is 27.1 Å². The standard InChI is InChI=1S/C15H13BrN2O/c1-8-13(17-9(2)14(8)16)7-11-10-5-3-4-6-12(10)18-15(11)19/h3-7,17H,1-2H3,(H,18,19)/b11-7+. The van der Waals surface area contributed by atoms with Crippen molar-refractivity contribution in [2.45, 2.75) is 13.8 Å². The first-order valence-electron chi connectivity index (χ1n) is 6.05. The number of fused-ring (bicyclic) bond motifs is 1. The van der Waals surface area contributed by atoms with E-state index in [0.29, 0.717) is 5.57 Å². The molecule has 0 spiro atoms. The molecule has 0 saturated heterocycles. The predicted molar refractivity (Wildman–Crippen MR) is 80.9 cm³/mol. The van der Waals surface area contributed by atoms with Crippen LogP contribution in [0.3, 0.4) is 0 Å². The maximum absolute atomic E-state index is 12.0. The van der Waals surface area contributed by atoms with Crippen LogP contribution in [0, 0.1) is 13.8 Å². The SMILES string of the molecule is Cc1[nH]c(/C=C2/C(=O)Nc3ccccc32)c(C)c1Br. The Bertz CT molecular complexity index is 713. The Morgan fingerprint density at radius 3 is 2.63 bits per heavy atom. The third-order valence-electron chi connectivity index (χ3n) is 3.38. The number of nitrogens with one attached hydrogen (secondary N) is 2. The number of para-hydroxylation sites is 1. The zero-order valence-electron chi connectivity index (χ0n) is 10.7. The molecule has 2 aromatic rings. The maximum Gasteiger partial charge on any atom is 0.256 e. The third kappa shape index (κ3) is 1.92. The van der Waals surface area contributed by atoms with Gasteiger partial charge >= 0.3 is 0 Å². The van der Waals surface area contributed by atoms with Gasteiger partial charge in [-0.2, -0.15) is 0 Å². The molecule has 1 aliphatic heterocycles. The normalized spacial score (nSPS) is 15.7. The number of hydrogen-bond donors (Lipinski definition) is 2. The molecule has 0 fully saturated rings. The second kappa shape index (κ2) is 4.38. The second-order valence-electron chi connectivity index (χ2n) is 4.66. The molecule has 3 nitrogen and oxygen atoms in total. The van der Waals surface area contributed by atoms with Gasteiger partial charge in [0.2, 0.25) is 0 Å². The highest BCUT2D eigenvalue weighted by Crippen LogP contribution is 2.34. The second-order valence-corrected chi connectivity index (χ2v) is 5.45. The summed E-state index contributed by atoms with van der Waals surface area (Å²) in [5.74, 6) is -0.0519. The molecule has 0 aliphatic carbocycles. The zero-order chi connectivity index (χ0) is 13.6. The van der Waals surface area contributed by atoms with Crippen molar-refractivity contribution >= 4 is 39.2 Å². The van der Waals surface area contributed by atoms with E-state index < -0.39 is 0 Å². The minimum Gasteiger partial charge on any atom is -0.358 e. The van der Waals surface area contributed by atoms with Crippen LogP contribution in [-0.4, -0.2) is 10.9 Å². The summed E-state index contributed by atoms with van der Waals surface area (Å²) < 4.78 is 1.06. The molecule has 19 heavy (non-hydrogen) atoms. The fraction of sp³-hybridized carbons (Fsp3) is 0.133. The van der Waals surface area contributed by atoms with Crippen LogP contribution in [0.4, 0.5) is 5.69 Å². The molecule has 0 atom stereocenters. The van der Waals surface area contributed by atoms with Crippen molar-refractivity contribution in [2.24, 2.45) is 0 Å². The molecule has 3 rings (SSSR count). The van der Waals surface area contributed by atoms with Crippen molar-refractivity contribution in [3.8, 4) is 0 Å². The Balaban J connectivity index is 2.14. The van der Waals surface area contributed by atoms with Crippen LogP contribution in [0.1, 0.15) is 22.5 Å². The summed E-state index contributed by atoms with van der Waals surface area (Å²) in [6.07, 6.45) is 1.91. The monoisotopic (exact) mass is 316 g/mol. The van der Waals surface area contributed by atoms with Gasteiger partial charge in [0.25, 0.3) is 5.91 Å². The van der Waals surface area contributed by atoms with Crippen LogP contribution in [-0.2, 0) is 4.79 Å². The number of carbonyl (C=O) groups is 1. The minimum atomic E-state index is -0.0519. The number of aromatic amines is 1. The highest BCUT2D eigenvalue weighted by Gasteiger charge is 2.24. The van der Waals surface area contributed by atoms with E-state index in [1.54, 1.807) is 0 Å². The minimum absolute atomic E-state index is 0.0519. The molecular weight excluding hydrogens is 304 g/mol. The summed E-state index contributed by atoms with van der Waals surface area (Å²) in [5, 5.41) is 2.88. The molecule has 1 aromatic heterocycles. The zero-order valence-corrected chi connectivity index (χ0v) is 12.3. The fourth-order valence-corrected chi connectivity index (χ4v) is 2.63. The molecule has 96 valence electrons. The molecular formula is C15H13BrN2O. The first kappa shape index (κ1) is 12.2. The first-order chi connectivity index (χ1) is 9.08. The van der Waals surface area contributed by atoms with E-state index >= 15 is 0 Å². The summed E-state index contributed by atoms with van der Waals surface area (Å²) in [6.45, 7) is 4.03. The number of aryl methyl sites for hydroxylation is 1. The van der Waals surface area contributed by atoms with Gasteiger partial charge in [-0.05, 0) is 47.5 Å². The van der Waals surface area contributed by atoms with Crippen molar-refractivity contribution in [3.63, 3.8) is 0 Å². The molecule has 1 aromatic carbocycles. The quantitative estimate of drug-likeness (QED) is 0.770. The van der Waals surface area contributed by atoms with Gasteiger partial charge in [0.05, 0.1) is 5.57 Å². The topological polar surface area (TPSA) is 44.9 Å². The highest BCUT2D eigenvalue weighted by atomic mass is 79.9. The van der Waals surface area contributed by atoms with E-state index in [1.807, 2.05) is 44.2 Å². The number of aromatic nitrogens is 1. The van der Waals surface area contributed by atoms with Gasteiger partial charge in [0.15, 0.2) is 0 Å². The summed E-state index contributed by atoms with van der Waals surface area (Å²) in [7, 11) is 0. The Hall–Kier alpha value is -1.81. The molecule has 1 amide bonds. The van der Waals surface area contributed by atoms with Gasteiger partial charge in [-0.3, -0.25) is 4.79 Å². The Kier molecular flexibility index (Phi) is 2.82. The van der Waals surface area contributed by atoms with Crippen LogP contribution in [0.25, 0.3) is 11.6 Å². The lowest BCUT2D eigenvalue weighted by atomic mass is 10.1. The molecule has 0 bridgehead atoms. The molecule has 4 heteroatoms. The summed E-state index contributed by atoms with van der Waals surface area (Å²) in [4.78, 5) is 15.3. The lowest BCUT2D eigenvalue weighted by molar-refractivity contribution is -0.110. The number of anilines is 1. The molecule has 0 unspecified atom stereocenters. The summed E-state index contributed by atoms with van der Waals surface area (Å²) in [5.41, 5.74) is 5.67. The highest BCUT2D eigenvalue weighted by molar-refractivity contribution is 9.10. The maximum atomic E-state index is 12.0. The Morgan fingerprint density at radius 2 is 1.95 bits per heavy atom. The summed E-state index contributed by atoms with van der Waals surface area (Å²) >= 11 is 3.54. The Morgan fingerprint density at radius 1 is 1.21 bits per heavy atom. The molecule has 2 N–H and O–H groups in total. The molecule has 0 saturated carbocycles. The lowest BCUT2D eigenvalue weighted by Crippen LogP contribution is -2.03. The molecule has 2 heterocycles. The van der Waals surface area contributed by atoms with E-state index in [2.05, 4.69) is 26.2 Å². The van der Waals surface area contributed by atoms with E-state index in [4.69, 9.17) is 0 Å². The smallest absolute Gasteiger partial charge is 0.256 e. The number of H-pyrrole nitrogens is 1. The van der Waals surface area contributed by atoms with Gasteiger partial charge in [0.1, 0.15) is 0 Å². The molecule has 0 radical (unpaired) electrons.